The Labute approximate surface area is 194 Å². The number of aromatic nitrogens is 1. The normalized spacial score (nSPS) is 18.5. The second-order valence-corrected chi connectivity index (χ2v) is 10.8. The molecular formula is C24H31N3O5S. The van der Waals surface area contributed by atoms with Gasteiger partial charge in [-0.1, -0.05) is 30.3 Å². The Morgan fingerprint density at radius 1 is 1.15 bits per heavy atom. The van der Waals surface area contributed by atoms with Gasteiger partial charge in [-0.15, -0.1) is 0 Å². The second kappa shape index (κ2) is 10.5. The summed E-state index contributed by atoms with van der Waals surface area (Å²) in [6.07, 6.45) is 4.94. The van der Waals surface area contributed by atoms with Gasteiger partial charge in [0.1, 0.15) is 6.61 Å². The third-order valence-electron chi connectivity index (χ3n) is 6.34. The number of benzene rings is 1. The molecule has 0 spiro atoms. The zero-order valence-corrected chi connectivity index (χ0v) is 19.5. The van der Waals surface area contributed by atoms with Crippen LogP contribution in [0, 0.1) is 5.92 Å². The molecule has 1 amide bonds. The number of carbonyl (C=O) groups excluding carboxylic acids is 1. The van der Waals surface area contributed by atoms with E-state index in [9.17, 15) is 18.0 Å². The SMILES string of the molecule is O=C(OCc1ccccc1)N1CCCC(CS(=O)(=O)NCc2cc3c([nH]c2=O)CCCC3)C1. The summed E-state index contributed by atoms with van der Waals surface area (Å²) in [6, 6.07) is 11.3. The van der Waals surface area contributed by atoms with Crippen LogP contribution in [0.15, 0.2) is 41.2 Å². The molecule has 0 radical (unpaired) electrons. The number of fused-ring (bicyclic) bond motifs is 1. The fourth-order valence-electron chi connectivity index (χ4n) is 4.59. The molecule has 1 aliphatic heterocycles. The highest BCUT2D eigenvalue weighted by molar-refractivity contribution is 7.89. The number of ether oxygens (including phenoxy) is 1. The van der Waals surface area contributed by atoms with Gasteiger partial charge in [0.15, 0.2) is 0 Å². The average Bonchev–Trinajstić information content (AvgIpc) is 2.82. The van der Waals surface area contributed by atoms with Gasteiger partial charge in [-0.2, -0.15) is 0 Å². The third kappa shape index (κ3) is 6.45. The number of piperidine rings is 1. The molecule has 1 unspecified atom stereocenters. The lowest BCUT2D eigenvalue weighted by atomic mass is 9.95. The number of amides is 1. The van der Waals surface area contributed by atoms with Crippen molar-refractivity contribution in [1.29, 1.82) is 0 Å². The lowest BCUT2D eigenvalue weighted by molar-refractivity contribution is 0.0812. The number of sulfonamides is 1. The molecule has 8 nitrogen and oxygen atoms in total. The maximum Gasteiger partial charge on any atom is 0.410 e. The predicted octanol–water partition coefficient (Wildman–Crippen LogP) is 2.72. The fraction of sp³-hybridized carbons (Fsp3) is 0.500. The van der Waals surface area contributed by atoms with Gasteiger partial charge in [-0.3, -0.25) is 4.79 Å². The zero-order chi connectivity index (χ0) is 23.3. The van der Waals surface area contributed by atoms with Gasteiger partial charge in [-0.25, -0.2) is 17.9 Å². The number of carbonyl (C=O) groups is 1. The van der Waals surface area contributed by atoms with Gasteiger partial charge in [0.25, 0.3) is 5.56 Å². The van der Waals surface area contributed by atoms with Crippen LogP contribution >= 0.6 is 0 Å². The van der Waals surface area contributed by atoms with Crippen molar-refractivity contribution in [3.63, 3.8) is 0 Å². The van der Waals surface area contributed by atoms with Crippen molar-refractivity contribution in [3.05, 3.63) is 69.1 Å². The molecule has 1 fully saturated rings. The fourth-order valence-corrected chi connectivity index (χ4v) is 5.98. The summed E-state index contributed by atoms with van der Waals surface area (Å²) < 4.78 is 33.4. The average molecular weight is 474 g/mol. The Morgan fingerprint density at radius 2 is 1.94 bits per heavy atom. The Kier molecular flexibility index (Phi) is 7.49. The van der Waals surface area contributed by atoms with Gasteiger partial charge in [0, 0.05) is 30.9 Å². The van der Waals surface area contributed by atoms with E-state index in [1.54, 1.807) is 4.90 Å². The van der Waals surface area contributed by atoms with Gasteiger partial charge in [0.2, 0.25) is 10.0 Å². The number of likely N-dealkylation sites (tertiary alicyclic amines) is 1. The van der Waals surface area contributed by atoms with Crippen LogP contribution in [0.4, 0.5) is 4.79 Å². The first-order valence-electron chi connectivity index (χ1n) is 11.6. The van der Waals surface area contributed by atoms with E-state index >= 15 is 0 Å². The highest BCUT2D eigenvalue weighted by Crippen LogP contribution is 2.20. The van der Waals surface area contributed by atoms with Crippen LogP contribution in [0.3, 0.4) is 0 Å². The number of aromatic amines is 1. The van der Waals surface area contributed by atoms with Crippen molar-refractivity contribution >= 4 is 16.1 Å². The van der Waals surface area contributed by atoms with Crippen molar-refractivity contribution in [2.45, 2.75) is 51.7 Å². The van der Waals surface area contributed by atoms with Crippen molar-refractivity contribution < 1.29 is 17.9 Å². The molecule has 1 atom stereocenters. The molecule has 1 aromatic carbocycles. The number of H-pyrrole nitrogens is 1. The van der Waals surface area contributed by atoms with Crippen molar-refractivity contribution in [3.8, 4) is 0 Å². The minimum atomic E-state index is -3.60. The first-order valence-corrected chi connectivity index (χ1v) is 13.2. The molecule has 1 saturated heterocycles. The zero-order valence-electron chi connectivity index (χ0n) is 18.7. The Hall–Kier alpha value is -2.65. The van der Waals surface area contributed by atoms with E-state index in [0.717, 1.165) is 55.3 Å². The molecular weight excluding hydrogens is 442 g/mol. The monoisotopic (exact) mass is 473 g/mol. The molecule has 0 saturated carbocycles. The van der Waals surface area contributed by atoms with E-state index in [4.69, 9.17) is 4.74 Å². The summed E-state index contributed by atoms with van der Waals surface area (Å²) in [5.74, 6) is -0.263. The van der Waals surface area contributed by atoms with Crippen LogP contribution in [0.25, 0.3) is 0 Å². The summed E-state index contributed by atoms with van der Waals surface area (Å²) >= 11 is 0. The highest BCUT2D eigenvalue weighted by atomic mass is 32.2. The summed E-state index contributed by atoms with van der Waals surface area (Å²) in [5, 5.41) is 0. The Balaban J connectivity index is 1.29. The summed E-state index contributed by atoms with van der Waals surface area (Å²) in [7, 11) is -3.60. The van der Waals surface area contributed by atoms with Crippen LogP contribution < -0.4 is 10.3 Å². The summed E-state index contributed by atoms with van der Waals surface area (Å²) in [6.45, 7) is 1.06. The van der Waals surface area contributed by atoms with Gasteiger partial charge < -0.3 is 14.6 Å². The maximum atomic E-state index is 12.7. The number of hydrogen-bond acceptors (Lipinski definition) is 5. The van der Waals surface area contributed by atoms with Gasteiger partial charge >= 0.3 is 6.09 Å². The summed E-state index contributed by atoms with van der Waals surface area (Å²) in [5.41, 5.74) is 3.19. The van der Waals surface area contributed by atoms with Crippen molar-refractivity contribution in [2.75, 3.05) is 18.8 Å². The lowest BCUT2D eigenvalue weighted by Crippen LogP contribution is -2.43. The molecule has 1 aromatic heterocycles. The molecule has 4 rings (SSSR count). The van der Waals surface area contributed by atoms with E-state index in [0.29, 0.717) is 18.7 Å². The smallest absolute Gasteiger partial charge is 0.410 e. The molecule has 1 aliphatic carbocycles. The van der Waals surface area contributed by atoms with Crippen LogP contribution in [0.1, 0.15) is 48.1 Å². The Bertz CT molecular complexity index is 1130. The van der Waals surface area contributed by atoms with E-state index in [1.165, 1.54) is 0 Å². The number of nitrogens with one attached hydrogen (secondary N) is 2. The van der Waals surface area contributed by atoms with Crippen LogP contribution in [-0.2, 0) is 40.8 Å². The van der Waals surface area contributed by atoms with E-state index in [2.05, 4.69) is 9.71 Å². The molecule has 2 N–H and O–H groups in total. The molecule has 178 valence electrons. The first kappa shape index (κ1) is 23.5. The molecule has 9 heteroatoms. The minimum absolute atomic E-state index is 0.0273. The number of rotatable bonds is 7. The molecule has 2 heterocycles. The lowest BCUT2D eigenvalue weighted by Gasteiger charge is -2.31. The second-order valence-electron chi connectivity index (χ2n) is 8.93. The molecule has 33 heavy (non-hydrogen) atoms. The predicted molar refractivity (Wildman–Crippen MR) is 125 cm³/mol. The van der Waals surface area contributed by atoms with E-state index in [1.807, 2.05) is 36.4 Å². The molecule has 2 aromatic rings. The molecule has 2 aliphatic rings. The quantitative estimate of drug-likeness (QED) is 0.643. The minimum Gasteiger partial charge on any atom is -0.445 e. The topological polar surface area (TPSA) is 109 Å². The summed E-state index contributed by atoms with van der Waals surface area (Å²) in [4.78, 5) is 29.3. The maximum absolute atomic E-state index is 12.7. The molecule has 0 bridgehead atoms. The van der Waals surface area contributed by atoms with E-state index in [-0.39, 0.29) is 30.4 Å². The number of hydrogen-bond donors (Lipinski definition) is 2. The number of nitrogens with zero attached hydrogens (tertiary/aromatic N) is 1. The van der Waals surface area contributed by atoms with Crippen LogP contribution in [0.2, 0.25) is 0 Å². The first-order chi connectivity index (χ1) is 15.9. The van der Waals surface area contributed by atoms with E-state index < -0.39 is 16.1 Å². The van der Waals surface area contributed by atoms with Crippen LogP contribution in [-0.4, -0.2) is 43.2 Å². The van der Waals surface area contributed by atoms with Crippen LogP contribution in [0.5, 0.6) is 0 Å². The van der Waals surface area contributed by atoms with Crippen molar-refractivity contribution in [1.82, 2.24) is 14.6 Å². The number of aryl methyl sites for hydroxylation is 2. The largest absolute Gasteiger partial charge is 0.445 e. The number of pyridine rings is 1. The van der Waals surface area contributed by atoms with Gasteiger partial charge in [-0.05, 0) is 61.6 Å². The third-order valence-corrected chi connectivity index (χ3v) is 7.83. The van der Waals surface area contributed by atoms with Crippen molar-refractivity contribution in [2.24, 2.45) is 5.92 Å². The standard InChI is InChI=1S/C24H31N3O5S/c28-23-21(13-20-10-4-5-11-22(20)26-23)14-25-33(30,31)17-19-9-6-12-27(15-19)24(29)32-16-18-7-2-1-3-8-18/h1-3,7-8,13,19,25H,4-6,9-12,14-17H2,(H,26,28). The highest BCUT2D eigenvalue weighted by Gasteiger charge is 2.28. The Morgan fingerprint density at radius 3 is 2.76 bits per heavy atom. The van der Waals surface area contributed by atoms with Gasteiger partial charge in [0.05, 0.1) is 5.75 Å².